The third-order valence-corrected chi connectivity index (χ3v) is 7.22. The summed E-state index contributed by atoms with van der Waals surface area (Å²) in [6.45, 7) is 4.80. The third-order valence-electron chi connectivity index (χ3n) is 7.22. The number of hydrogen-bond acceptors (Lipinski definition) is 5. The molecule has 1 atom stereocenters. The Bertz CT molecular complexity index is 876. The molecule has 30 heavy (non-hydrogen) atoms. The minimum atomic E-state index is -1.64. The molecular formula is C22H27N4O4. The van der Waals surface area contributed by atoms with Crippen LogP contribution in [0.5, 0.6) is 0 Å². The van der Waals surface area contributed by atoms with E-state index in [1.165, 1.54) is 16.9 Å². The van der Waals surface area contributed by atoms with E-state index in [1.54, 1.807) is 6.42 Å². The van der Waals surface area contributed by atoms with Gasteiger partial charge in [-0.15, -0.1) is 0 Å². The van der Waals surface area contributed by atoms with Crippen molar-refractivity contribution in [1.29, 1.82) is 0 Å². The Morgan fingerprint density at radius 1 is 1.07 bits per heavy atom. The van der Waals surface area contributed by atoms with Gasteiger partial charge >= 0.3 is 6.03 Å². The quantitative estimate of drug-likeness (QED) is 0.577. The molecule has 3 saturated heterocycles. The molecule has 8 nitrogen and oxygen atoms in total. The number of rotatable bonds is 5. The zero-order valence-corrected chi connectivity index (χ0v) is 17.0. The molecule has 4 aliphatic rings. The molecule has 4 amide bonds. The number of nitrogens with two attached hydrogens (primary N) is 1. The number of benzene rings is 1. The maximum absolute atomic E-state index is 13.1. The van der Waals surface area contributed by atoms with Crippen LogP contribution in [0.4, 0.5) is 10.5 Å². The van der Waals surface area contributed by atoms with Gasteiger partial charge in [0.15, 0.2) is 0 Å². The summed E-state index contributed by atoms with van der Waals surface area (Å²) in [6, 6.07) is 7.22. The van der Waals surface area contributed by atoms with Gasteiger partial charge in [0.25, 0.3) is 11.8 Å². The van der Waals surface area contributed by atoms with Gasteiger partial charge in [-0.3, -0.25) is 14.5 Å². The van der Waals surface area contributed by atoms with Crippen molar-refractivity contribution in [2.24, 2.45) is 5.73 Å². The summed E-state index contributed by atoms with van der Waals surface area (Å²) in [6.07, 6.45) is 5.53. The van der Waals surface area contributed by atoms with Crippen LogP contribution in [0.1, 0.15) is 31.2 Å². The average molecular weight is 411 g/mol. The highest BCUT2D eigenvalue weighted by atomic mass is 16.5. The van der Waals surface area contributed by atoms with E-state index in [0.717, 1.165) is 50.6 Å². The first-order valence-corrected chi connectivity index (χ1v) is 10.7. The Morgan fingerprint density at radius 2 is 1.77 bits per heavy atom. The molecule has 3 heterocycles. The molecule has 2 N–H and O–H groups in total. The number of hydrogen-bond donors (Lipinski definition) is 1. The van der Waals surface area contributed by atoms with Gasteiger partial charge in [0.1, 0.15) is 0 Å². The van der Waals surface area contributed by atoms with Crippen LogP contribution in [0.25, 0.3) is 0 Å². The van der Waals surface area contributed by atoms with E-state index in [0.29, 0.717) is 18.7 Å². The summed E-state index contributed by atoms with van der Waals surface area (Å²) in [4.78, 5) is 42.9. The van der Waals surface area contributed by atoms with Gasteiger partial charge in [-0.1, -0.05) is 18.6 Å². The largest absolute Gasteiger partial charge is 0.379 e. The lowest BCUT2D eigenvalue weighted by molar-refractivity contribution is -0.134. The van der Waals surface area contributed by atoms with Crippen LogP contribution in [0.3, 0.4) is 0 Å². The molecule has 159 valence electrons. The van der Waals surface area contributed by atoms with Crippen molar-refractivity contribution in [1.82, 2.24) is 9.80 Å². The first kappa shape index (κ1) is 19.5. The van der Waals surface area contributed by atoms with Crippen LogP contribution in [0, 0.1) is 6.42 Å². The van der Waals surface area contributed by atoms with E-state index in [-0.39, 0.29) is 5.41 Å². The van der Waals surface area contributed by atoms with E-state index in [9.17, 15) is 14.4 Å². The normalized spacial score (nSPS) is 28.5. The number of carbonyl (C=O) groups excluding carboxylic acids is 3. The maximum Gasteiger partial charge on any atom is 0.332 e. The second-order valence-electron chi connectivity index (χ2n) is 8.77. The van der Waals surface area contributed by atoms with Gasteiger partial charge in [-0.05, 0) is 37.0 Å². The van der Waals surface area contributed by atoms with Crippen LogP contribution in [-0.2, 0) is 19.7 Å². The van der Waals surface area contributed by atoms with Crippen molar-refractivity contribution in [3.63, 3.8) is 0 Å². The van der Waals surface area contributed by atoms with Crippen LogP contribution in [-0.4, -0.2) is 72.6 Å². The van der Waals surface area contributed by atoms with E-state index < -0.39 is 23.4 Å². The summed E-state index contributed by atoms with van der Waals surface area (Å²) in [5.41, 5.74) is 5.74. The number of morpholine rings is 1. The van der Waals surface area contributed by atoms with E-state index in [4.69, 9.17) is 10.5 Å². The molecule has 4 fully saturated rings. The van der Waals surface area contributed by atoms with E-state index in [2.05, 4.69) is 4.90 Å². The molecule has 1 aromatic carbocycles. The van der Waals surface area contributed by atoms with Crippen molar-refractivity contribution in [3.8, 4) is 0 Å². The van der Waals surface area contributed by atoms with Crippen molar-refractivity contribution in [2.45, 2.75) is 36.6 Å². The highest BCUT2D eigenvalue weighted by Crippen LogP contribution is 2.45. The lowest BCUT2D eigenvalue weighted by Crippen LogP contribution is -2.55. The van der Waals surface area contributed by atoms with Gasteiger partial charge in [-0.25, -0.2) is 9.69 Å². The Hall–Kier alpha value is -2.45. The maximum atomic E-state index is 13.1. The fourth-order valence-electron chi connectivity index (χ4n) is 5.38. The summed E-state index contributed by atoms with van der Waals surface area (Å²) >= 11 is 0. The Morgan fingerprint density at radius 3 is 2.33 bits per heavy atom. The number of carbonyl (C=O) groups is 3. The third kappa shape index (κ3) is 2.70. The predicted octanol–water partition coefficient (Wildman–Crippen LogP) is 1.04. The second kappa shape index (κ2) is 7.06. The fraction of sp³-hybridized carbons (Fsp3) is 0.545. The Labute approximate surface area is 175 Å². The second-order valence-corrected chi connectivity index (χ2v) is 8.77. The van der Waals surface area contributed by atoms with Crippen LogP contribution < -0.4 is 10.6 Å². The Kier molecular flexibility index (Phi) is 4.59. The molecule has 1 aromatic rings. The van der Waals surface area contributed by atoms with Crippen LogP contribution in [0.2, 0.25) is 0 Å². The van der Waals surface area contributed by atoms with Crippen molar-refractivity contribution in [3.05, 3.63) is 36.2 Å². The molecule has 1 radical (unpaired) electrons. The summed E-state index contributed by atoms with van der Waals surface area (Å²) in [7, 11) is 0. The minimum absolute atomic E-state index is 0.122. The lowest BCUT2D eigenvalue weighted by atomic mass is 9.64. The van der Waals surface area contributed by atoms with Gasteiger partial charge in [0, 0.05) is 38.0 Å². The molecule has 3 aliphatic heterocycles. The van der Waals surface area contributed by atoms with Crippen LogP contribution in [0.15, 0.2) is 24.3 Å². The SMILES string of the molecule is NC(=O)[C@]12[CH]CCN1C(=O)N(c1ccc(C3(CN4CCOCC4)CCC3)cc1)C2=O. The zero-order valence-electron chi connectivity index (χ0n) is 17.0. The number of amides is 4. The first-order chi connectivity index (χ1) is 14.5. The molecule has 0 unspecified atom stereocenters. The van der Waals surface area contributed by atoms with Gasteiger partial charge in [0.05, 0.1) is 18.9 Å². The topological polar surface area (TPSA) is 96.2 Å². The van der Waals surface area contributed by atoms with Gasteiger partial charge in [0.2, 0.25) is 5.54 Å². The molecule has 0 aromatic heterocycles. The highest BCUT2D eigenvalue weighted by molar-refractivity contribution is 6.32. The number of nitrogens with zero attached hydrogens (tertiary/aromatic N) is 3. The standard InChI is InChI=1S/C22H27N4O4/c23-18(27)22-9-2-10-25(22)20(29)26(19(22)28)17-5-3-16(4-6-17)21(7-1-8-21)15-24-11-13-30-14-12-24/h3-6,9H,1-2,7-8,10-15H2,(H2,23,27)/t22-/m0/s1. The van der Waals surface area contributed by atoms with Gasteiger partial charge in [-0.2, -0.15) is 0 Å². The number of urea groups is 1. The van der Waals surface area contributed by atoms with Gasteiger partial charge < -0.3 is 15.4 Å². The van der Waals surface area contributed by atoms with Crippen molar-refractivity contribution in [2.75, 3.05) is 44.3 Å². The van der Waals surface area contributed by atoms with Crippen molar-refractivity contribution < 1.29 is 19.1 Å². The zero-order chi connectivity index (χ0) is 20.9. The summed E-state index contributed by atoms with van der Waals surface area (Å²) < 4.78 is 5.47. The molecule has 0 spiro atoms. The van der Waals surface area contributed by atoms with Crippen LogP contribution >= 0.6 is 0 Å². The molecule has 8 heteroatoms. The number of primary amides is 1. The summed E-state index contributed by atoms with van der Waals surface area (Å²) in [5.74, 6) is -1.37. The number of fused-ring (bicyclic) bond motifs is 1. The molecule has 1 aliphatic carbocycles. The van der Waals surface area contributed by atoms with Crippen molar-refractivity contribution >= 4 is 23.5 Å². The first-order valence-electron chi connectivity index (χ1n) is 10.7. The average Bonchev–Trinajstić information content (AvgIpc) is 3.26. The van der Waals surface area contributed by atoms with E-state index >= 15 is 0 Å². The number of imide groups is 1. The fourth-order valence-corrected chi connectivity index (χ4v) is 5.38. The Balaban J connectivity index is 1.39. The smallest absolute Gasteiger partial charge is 0.332 e. The summed E-state index contributed by atoms with van der Waals surface area (Å²) in [5, 5.41) is 0. The monoisotopic (exact) mass is 411 g/mol. The molecular weight excluding hydrogens is 384 g/mol. The minimum Gasteiger partial charge on any atom is -0.379 e. The molecule has 5 rings (SSSR count). The number of ether oxygens (including phenoxy) is 1. The van der Waals surface area contributed by atoms with E-state index in [1.807, 2.05) is 24.3 Å². The molecule has 1 saturated carbocycles. The predicted molar refractivity (Wildman–Crippen MR) is 110 cm³/mol. The lowest BCUT2D eigenvalue weighted by Gasteiger charge is -2.46. The highest BCUT2D eigenvalue weighted by Gasteiger charge is 2.64. The molecule has 0 bridgehead atoms. The number of anilines is 1.